The van der Waals surface area contributed by atoms with E-state index in [2.05, 4.69) is 22.2 Å². The first-order valence-electron chi connectivity index (χ1n) is 6.69. The van der Waals surface area contributed by atoms with Crippen molar-refractivity contribution in [2.75, 3.05) is 11.1 Å². The van der Waals surface area contributed by atoms with E-state index in [9.17, 15) is 4.79 Å². The minimum Gasteiger partial charge on any atom is -0.399 e. The summed E-state index contributed by atoms with van der Waals surface area (Å²) in [5.74, 6) is 1.23. The first kappa shape index (κ1) is 12.0. The van der Waals surface area contributed by atoms with Crippen LogP contribution in [0.15, 0.2) is 23.0 Å². The Hall–Kier alpha value is -2.04. The van der Waals surface area contributed by atoms with Crippen LogP contribution in [0.5, 0.6) is 0 Å². The number of nitrogens with zero attached hydrogens (tertiary/aromatic N) is 1. The number of rotatable bonds is 3. The van der Waals surface area contributed by atoms with Gasteiger partial charge in [0, 0.05) is 11.7 Å². The van der Waals surface area contributed by atoms with Crippen molar-refractivity contribution in [3.8, 4) is 0 Å². The topological polar surface area (TPSA) is 83.8 Å². The SMILES string of the molecule is CC(Nc1nc2ccc(N)cc2c(=O)[nH]1)C1CCC1. The van der Waals surface area contributed by atoms with Crippen molar-refractivity contribution in [3.63, 3.8) is 0 Å². The molecule has 1 saturated carbocycles. The number of aromatic nitrogens is 2. The predicted octanol–water partition coefficient (Wildman–Crippen LogP) is 2.11. The van der Waals surface area contributed by atoms with Gasteiger partial charge in [-0.15, -0.1) is 0 Å². The number of nitrogen functional groups attached to an aromatic ring is 1. The molecule has 0 bridgehead atoms. The standard InChI is InChI=1S/C14H18N4O/c1-8(9-3-2-4-9)16-14-17-12-6-5-10(15)7-11(12)13(19)18-14/h5-9H,2-4,15H2,1H3,(H2,16,17,18,19). The molecule has 0 spiro atoms. The fraction of sp³-hybridized carbons (Fsp3) is 0.429. The molecule has 0 amide bonds. The van der Waals surface area contributed by atoms with Crippen molar-refractivity contribution in [2.24, 2.45) is 5.92 Å². The minimum atomic E-state index is -0.152. The zero-order valence-electron chi connectivity index (χ0n) is 10.9. The van der Waals surface area contributed by atoms with Gasteiger partial charge in [-0.3, -0.25) is 9.78 Å². The van der Waals surface area contributed by atoms with Gasteiger partial charge >= 0.3 is 0 Å². The van der Waals surface area contributed by atoms with Gasteiger partial charge in [-0.2, -0.15) is 0 Å². The quantitative estimate of drug-likeness (QED) is 0.736. The van der Waals surface area contributed by atoms with E-state index >= 15 is 0 Å². The van der Waals surface area contributed by atoms with Crippen LogP contribution < -0.4 is 16.6 Å². The summed E-state index contributed by atoms with van der Waals surface area (Å²) in [5.41, 5.74) is 6.77. The van der Waals surface area contributed by atoms with Gasteiger partial charge in [0.05, 0.1) is 10.9 Å². The number of hydrogen-bond donors (Lipinski definition) is 3. The number of benzene rings is 1. The van der Waals surface area contributed by atoms with E-state index in [1.54, 1.807) is 18.2 Å². The van der Waals surface area contributed by atoms with Gasteiger partial charge in [-0.1, -0.05) is 6.42 Å². The Labute approximate surface area is 111 Å². The molecule has 1 aromatic carbocycles. The number of fused-ring (bicyclic) bond motifs is 1. The molecule has 3 rings (SSSR count). The van der Waals surface area contributed by atoms with Crippen molar-refractivity contribution >= 4 is 22.5 Å². The maximum Gasteiger partial charge on any atom is 0.260 e. The monoisotopic (exact) mass is 258 g/mol. The number of hydrogen-bond acceptors (Lipinski definition) is 4. The zero-order valence-corrected chi connectivity index (χ0v) is 10.9. The van der Waals surface area contributed by atoms with Crippen LogP contribution in [0.1, 0.15) is 26.2 Å². The summed E-state index contributed by atoms with van der Waals surface area (Å²) in [4.78, 5) is 19.2. The van der Waals surface area contributed by atoms with Crippen molar-refractivity contribution in [3.05, 3.63) is 28.6 Å². The lowest BCUT2D eigenvalue weighted by Gasteiger charge is -2.31. The highest BCUT2D eigenvalue weighted by molar-refractivity contribution is 5.81. The molecule has 1 heterocycles. The summed E-state index contributed by atoms with van der Waals surface area (Å²) in [7, 11) is 0. The number of anilines is 2. The highest BCUT2D eigenvalue weighted by Gasteiger charge is 2.24. The van der Waals surface area contributed by atoms with E-state index in [4.69, 9.17) is 5.73 Å². The molecular weight excluding hydrogens is 240 g/mol. The lowest BCUT2D eigenvalue weighted by atomic mass is 9.80. The summed E-state index contributed by atoms with van der Waals surface area (Å²) < 4.78 is 0. The van der Waals surface area contributed by atoms with Gasteiger partial charge in [-0.05, 0) is 43.9 Å². The third kappa shape index (κ3) is 2.28. The van der Waals surface area contributed by atoms with Gasteiger partial charge in [0.25, 0.3) is 5.56 Å². The molecule has 5 heteroatoms. The number of nitrogens with one attached hydrogen (secondary N) is 2. The normalized spacial score (nSPS) is 17.1. The summed E-state index contributed by atoms with van der Waals surface area (Å²) in [5, 5.41) is 3.82. The maximum absolute atomic E-state index is 12.0. The Morgan fingerprint density at radius 3 is 2.95 bits per heavy atom. The van der Waals surface area contributed by atoms with Gasteiger partial charge in [0.2, 0.25) is 5.95 Å². The van der Waals surface area contributed by atoms with Gasteiger partial charge in [0.15, 0.2) is 0 Å². The second-order valence-corrected chi connectivity index (χ2v) is 5.32. The molecule has 1 atom stereocenters. The molecule has 0 radical (unpaired) electrons. The summed E-state index contributed by atoms with van der Waals surface area (Å²) in [6.07, 6.45) is 3.81. The van der Waals surface area contributed by atoms with Crippen LogP contribution in [-0.2, 0) is 0 Å². The van der Waals surface area contributed by atoms with E-state index in [0.29, 0.717) is 34.5 Å². The molecular formula is C14H18N4O. The van der Waals surface area contributed by atoms with E-state index in [1.165, 1.54) is 19.3 Å². The second kappa shape index (κ2) is 4.57. The second-order valence-electron chi connectivity index (χ2n) is 5.32. The van der Waals surface area contributed by atoms with Crippen LogP contribution >= 0.6 is 0 Å². The van der Waals surface area contributed by atoms with Crippen molar-refractivity contribution < 1.29 is 0 Å². The van der Waals surface area contributed by atoms with E-state index in [1.807, 2.05) is 0 Å². The number of aromatic amines is 1. The molecule has 19 heavy (non-hydrogen) atoms. The molecule has 1 aromatic heterocycles. The third-order valence-electron chi connectivity index (χ3n) is 3.95. The van der Waals surface area contributed by atoms with E-state index in [-0.39, 0.29) is 5.56 Å². The molecule has 2 aromatic rings. The average Bonchev–Trinajstić information content (AvgIpc) is 2.28. The van der Waals surface area contributed by atoms with Crippen molar-refractivity contribution in [1.29, 1.82) is 0 Å². The van der Waals surface area contributed by atoms with Crippen LogP contribution in [0.3, 0.4) is 0 Å². The summed E-state index contributed by atoms with van der Waals surface area (Å²) in [6, 6.07) is 5.52. The third-order valence-corrected chi connectivity index (χ3v) is 3.95. The van der Waals surface area contributed by atoms with E-state index < -0.39 is 0 Å². The largest absolute Gasteiger partial charge is 0.399 e. The smallest absolute Gasteiger partial charge is 0.260 e. The molecule has 1 unspecified atom stereocenters. The first-order chi connectivity index (χ1) is 9.13. The minimum absolute atomic E-state index is 0.152. The Morgan fingerprint density at radius 2 is 2.26 bits per heavy atom. The highest BCUT2D eigenvalue weighted by atomic mass is 16.1. The molecule has 0 saturated heterocycles. The molecule has 1 aliphatic rings. The average molecular weight is 258 g/mol. The first-order valence-corrected chi connectivity index (χ1v) is 6.69. The van der Waals surface area contributed by atoms with Crippen molar-refractivity contribution in [2.45, 2.75) is 32.2 Å². The van der Waals surface area contributed by atoms with Gasteiger partial charge < -0.3 is 11.1 Å². The molecule has 1 aliphatic carbocycles. The fourth-order valence-electron chi connectivity index (χ4n) is 2.50. The van der Waals surface area contributed by atoms with Gasteiger partial charge in [0.1, 0.15) is 0 Å². The Kier molecular flexibility index (Phi) is 2.89. The molecule has 100 valence electrons. The Morgan fingerprint density at radius 1 is 1.47 bits per heavy atom. The Balaban J connectivity index is 1.92. The summed E-state index contributed by atoms with van der Waals surface area (Å²) >= 11 is 0. The van der Waals surface area contributed by atoms with Crippen molar-refractivity contribution in [1.82, 2.24) is 9.97 Å². The van der Waals surface area contributed by atoms with Crippen LogP contribution in [0.4, 0.5) is 11.6 Å². The van der Waals surface area contributed by atoms with E-state index in [0.717, 1.165) is 0 Å². The highest BCUT2D eigenvalue weighted by Crippen LogP contribution is 2.30. The lowest BCUT2D eigenvalue weighted by molar-refractivity contribution is 0.284. The Bertz CT molecular complexity index is 660. The maximum atomic E-state index is 12.0. The van der Waals surface area contributed by atoms with Crippen LogP contribution in [-0.4, -0.2) is 16.0 Å². The van der Waals surface area contributed by atoms with Gasteiger partial charge in [-0.25, -0.2) is 4.98 Å². The number of nitrogens with two attached hydrogens (primary N) is 1. The van der Waals surface area contributed by atoms with Crippen LogP contribution in [0, 0.1) is 5.92 Å². The molecule has 0 aliphatic heterocycles. The molecule has 1 fully saturated rings. The summed E-state index contributed by atoms with van der Waals surface area (Å²) in [6.45, 7) is 2.14. The van der Waals surface area contributed by atoms with Crippen LogP contribution in [0.2, 0.25) is 0 Å². The predicted molar refractivity (Wildman–Crippen MR) is 77.2 cm³/mol. The van der Waals surface area contributed by atoms with Crippen LogP contribution in [0.25, 0.3) is 10.9 Å². The molecule has 4 N–H and O–H groups in total. The zero-order chi connectivity index (χ0) is 13.4. The molecule has 5 nitrogen and oxygen atoms in total. The fourth-order valence-corrected chi connectivity index (χ4v) is 2.50. The number of H-pyrrole nitrogens is 1. The lowest BCUT2D eigenvalue weighted by Crippen LogP contribution is -2.32.